The molecule has 3 aromatic rings. The molecule has 1 N–H and O–H groups in total. The molecule has 1 aromatic heterocycles. The Bertz CT molecular complexity index is 1090. The highest BCUT2D eigenvalue weighted by molar-refractivity contribution is 5.73. The van der Waals surface area contributed by atoms with Gasteiger partial charge in [-0.25, -0.2) is 4.98 Å². The molecule has 0 aliphatic carbocycles. The van der Waals surface area contributed by atoms with Gasteiger partial charge in [0.1, 0.15) is 18.1 Å². The minimum atomic E-state index is -4.38. The third kappa shape index (κ3) is 5.96. The first-order chi connectivity index (χ1) is 16.3. The van der Waals surface area contributed by atoms with Gasteiger partial charge in [-0.05, 0) is 61.3 Å². The molecule has 1 aliphatic heterocycles. The Morgan fingerprint density at radius 2 is 1.85 bits per heavy atom. The fraction of sp³-hybridized carbons (Fsp3) is 0.360. The lowest BCUT2D eigenvalue weighted by molar-refractivity contribution is -0.145. The van der Waals surface area contributed by atoms with Crippen molar-refractivity contribution in [2.45, 2.75) is 44.4 Å². The first-order valence-electron chi connectivity index (χ1n) is 11.1. The number of oxazole rings is 1. The van der Waals surface area contributed by atoms with Crippen LogP contribution in [0.4, 0.5) is 13.2 Å². The summed E-state index contributed by atoms with van der Waals surface area (Å²) in [6, 6.07) is 11.8. The molecule has 1 atom stereocenters. The molecular weight excluding hydrogens is 449 g/mol. The summed E-state index contributed by atoms with van der Waals surface area (Å²) in [6.45, 7) is 1.72. The van der Waals surface area contributed by atoms with Gasteiger partial charge in [-0.2, -0.15) is 13.2 Å². The molecule has 1 aliphatic rings. The van der Waals surface area contributed by atoms with Gasteiger partial charge in [-0.15, -0.1) is 0 Å². The van der Waals surface area contributed by atoms with Gasteiger partial charge in [0.05, 0.1) is 17.9 Å². The van der Waals surface area contributed by atoms with E-state index in [4.69, 9.17) is 9.15 Å². The van der Waals surface area contributed by atoms with E-state index < -0.39 is 23.8 Å². The van der Waals surface area contributed by atoms with Gasteiger partial charge < -0.3 is 14.3 Å². The van der Waals surface area contributed by atoms with E-state index in [0.29, 0.717) is 43.0 Å². The molecule has 0 spiro atoms. The number of aliphatic carboxylic acids is 1. The molecule has 0 saturated carbocycles. The van der Waals surface area contributed by atoms with Crippen LogP contribution in [0.2, 0.25) is 0 Å². The molecule has 34 heavy (non-hydrogen) atoms. The van der Waals surface area contributed by atoms with Crippen molar-refractivity contribution in [2.24, 2.45) is 0 Å². The maximum Gasteiger partial charge on any atom is 0.416 e. The van der Waals surface area contributed by atoms with Crippen LogP contribution < -0.4 is 4.74 Å². The Morgan fingerprint density at radius 1 is 1.12 bits per heavy atom. The molecule has 2 aromatic carbocycles. The van der Waals surface area contributed by atoms with E-state index in [9.17, 15) is 23.1 Å². The number of likely N-dealkylation sites (tertiary alicyclic amines) is 1. The molecule has 0 amide bonds. The number of rotatable bonds is 8. The van der Waals surface area contributed by atoms with E-state index in [-0.39, 0.29) is 5.89 Å². The predicted molar refractivity (Wildman–Crippen MR) is 118 cm³/mol. The number of ether oxygens (including phenoxy) is 1. The highest BCUT2D eigenvalue weighted by atomic mass is 19.4. The highest BCUT2D eigenvalue weighted by Gasteiger charge is 2.30. The van der Waals surface area contributed by atoms with Crippen LogP contribution in [0.3, 0.4) is 0 Å². The number of hydrogen-bond donors (Lipinski definition) is 1. The SMILES string of the molecule is O=C(O)C1CCCCN1Cc1ccc(OCCc2coc(-c3ccc(C(F)(F)F)cc3)n2)cc1. The average molecular weight is 474 g/mol. The number of carboxylic acid groups (broad SMARTS) is 1. The van der Waals surface area contributed by atoms with Crippen LogP contribution in [-0.4, -0.2) is 40.2 Å². The van der Waals surface area contributed by atoms with E-state index in [2.05, 4.69) is 4.98 Å². The molecule has 0 bridgehead atoms. The molecule has 1 unspecified atom stereocenters. The zero-order valence-corrected chi connectivity index (χ0v) is 18.4. The molecule has 1 fully saturated rings. The van der Waals surface area contributed by atoms with E-state index in [1.54, 1.807) is 0 Å². The van der Waals surface area contributed by atoms with Crippen molar-refractivity contribution in [3.63, 3.8) is 0 Å². The summed E-state index contributed by atoms with van der Waals surface area (Å²) < 4.78 is 49.3. The van der Waals surface area contributed by atoms with E-state index in [0.717, 1.165) is 37.1 Å². The summed E-state index contributed by atoms with van der Waals surface area (Å²) in [7, 11) is 0. The molecule has 2 heterocycles. The number of aromatic nitrogens is 1. The normalized spacial score (nSPS) is 17.0. The number of benzene rings is 2. The third-order valence-electron chi connectivity index (χ3n) is 5.85. The topological polar surface area (TPSA) is 75.8 Å². The van der Waals surface area contributed by atoms with Crippen molar-refractivity contribution >= 4 is 5.97 Å². The van der Waals surface area contributed by atoms with Crippen LogP contribution in [0.15, 0.2) is 59.2 Å². The Kier molecular flexibility index (Phi) is 7.21. The van der Waals surface area contributed by atoms with Crippen LogP contribution >= 0.6 is 0 Å². The minimum absolute atomic E-state index is 0.255. The second-order valence-electron chi connectivity index (χ2n) is 8.28. The predicted octanol–water partition coefficient (Wildman–Crippen LogP) is 5.42. The van der Waals surface area contributed by atoms with E-state index in [1.807, 2.05) is 29.2 Å². The lowest BCUT2D eigenvalue weighted by Crippen LogP contribution is -2.43. The summed E-state index contributed by atoms with van der Waals surface area (Å²) in [5.41, 5.74) is 1.41. The Labute approximate surface area is 195 Å². The lowest BCUT2D eigenvalue weighted by Gasteiger charge is -2.32. The zero-order chi connectivity index (χ0) is 24.1. The van der Waals surface area contributed by atoms with Crippen molar-refractivity contribution in [3.05, 3.63) is 71.6 Å². The van der Waals surface area contributed by atoms with Gasteiger partial charge in [0, 0.05) is 18.5 Å². The fourth-order valence-corrected chi connectivity index (χ4v) is 4.02. The number of nitrogens with zero attached hydrogens (tertiary/aromatic N) is 2. The van der Waals surface area contributed by atoms with E-state index >= 15 is 0 Å². The molecule has 4 rings (SSSR count). The molecular formula is C25H25F3N2O4. The van der Waals surface area contributed by atoms with Crippen LogP contribution in [0, 0.1) is 0 Å². The maximum absolute atomic E-state index is 12.7. The number of hydrogen-bond acceptors (Lipinski definition) is 5. The summed E-state index contributed by atoms with van der Waals surface area (Å²) >= 11 is 0. The zero-order valence-electron chi connectivity index (χ0n) is 18.4. The van der Waals surface area contributed by atoms with Gasteiger partial charge in [0.2, 0.25) is 5.89 Å². The van der Waals surface area contributed by atoms with Crippen molar-refractivity contribution in [3.8, 4) is 17.2 Å². The number of carboxylic acids is 1. The van der Waals surface area contributed by atoms with Crippen molar-refractivity contribution in [2.75, 3.05) is 13.2 Å². The first-order valence-corrected chi connectivity index (χ1v) is 11.1. The van der Waals surface area contributed by atoms with Gasteiger partial charge in [-0.1, -0.05) is 18.6 Å². The molecule has 0 radical (unpaired) electrons. The van der Waals surface area contributed by atoms with E-state index in [1.165, 1.54) is 18.4 Å². The quantitative estimate of drug-likeness (QED) is 0.470. The maximum atomic E-state index is 12.7. The van der Waals surface area contributed by atoms with Gasteiger partial charge in [0.25, 0.3) is 0 Å². The standard InChI is InChI=1S/C25H25F3N2O4/c26-25(27,28)19-8-6-18(7-9-19)23-29-20(16-34-23)12-14-33-21-10-4-17(5-11-21)15-30-13-2-1-3-22(30)24(31)32/h4-11,16,22H,1-3,12-15H2,(H,31,32). The van der Waals surface area contributed by atoms with Crippen molar-refractivity contribution in [1.82, 2.24) is 9.88 Å². The Hall–Kier alpha value is -3.33. The van der Waals surface area contributed by atoms with Crippen molar-refractivity contribution < 1.29 is 32.2 Å². The Morgan fingerprint density at radius 3 is 2.53 bits per heavy atom. The molecule has 1 saturated heterocycles. The fourth-order valence-electron chi connectivity index (χ4n) is 4.02. The largest absolute Gasteiger partial charge is 0.493 e. The summed E-state index contributed by atoms with van der Waals surface area (Å²) in [6.07, 6.45) is 0.186. The number of alkyl halides is 3. The van der Waals surface area contributed by atoms with Crippen LogP contribution in [0.25, 0.3) is 11.5 Å². The smallest absolute Gasteiger partial charge is 0.416 e. The van der Waals surface area contributed by atoms with Crippen LogP contribution in [0.1, 0.15) is 36.1 Å². The number of piperidine rings is 1. The Balaban J connectivity index is 1.27. The summed E-state index contributed by atoms with van der Waals surface area (Å²) in [5.74, 6) is 0.170. The molecule has 180 valence electrons. The van der Waals surface area contributed by atoms with Crippen LogP contribution in [0.5, 0.6) is 5.75 Å². The lowest BCUT2D eigenvalue weighted by atomic mass is 10.0. The second kappa shape index (κ2) is 10.3. The highest BCUT2D eigenvalue weighted by Crippen LogP contribution is 2.31. The number of halogens is 3. The molecule has 6 nitrogen and oxygen atoms in total. The van der Waals surface area contributed by atoms with Gasteiger partial charge >= 0.3 is 12.1 Å². The third-order valence-corrected chi connectivity index (χ3v) is 5.85. The number of carbonyl (C=O) groups is 1. The molecule has 9 heteroatoms. The summed E-state index contributed by atoms with van der Waals surface area (Å²) in [5, 5.41) is 9.41. The van der Waals surface area contributed by atoms with Gasteiger partial charge in [0.15, 0.2) is 0 Å². The minimum Gasteiger partial charge on any atom is -0.493 e. The van der Waals surface area contributed by atoms with Gasteiger partial charge in [-0.3, -0.25) is 9.69 Å². The second-order valence-corrected chi connectivity index (χ2v) is 8.28. The van der Waals surface area contributed by atoms with Crippen LogP contribution in [-0.2, 0) is 23.9 Å². The average Bonchev–Trinajstić information content (AvgIpc) is 3.29. The van der Waals surface area contributed by atoms with Crippen molar-refractivity contribution in [1.29, 1.82) is 0 Å². The monoisotopic (exact) mass is 474 g/mol. The first kappa shape index (κ1) is 23.8. The summed E-state index contributed by atoms with van der Waals surface area (Å²) in [4.78, 5) is 17.8.